The van der Waals surface area contributed by atoms with Gasteiger partial charge in [0.2, 0.25) is 5.91 Å². The van der Waals surface area contributed by atoms with E-state index < -0.39 is 16.8 Å². The van der Waals surface area contributed by atoms with Crippen LogP contribution >= 0.6 is 11.6 Å². The number of benzene rings is 2. The number of nitrogens with zero attached hydrogens (tertiary/aromatic N) is 2. The summed E-state index contributed by atoms with van der Waals surface area (Å²) in [7, 11) is 1.58. The Hall–Kier alpha value is -2.60. The highest BCUT2D eigenvalue weighted by molar-refractivity contribution is 6.30. The van der Waals surface area contributed by atoms with Gasteiger partial charge < -0.3 is 11.1 Å². The maximum atomic E-state index is 15.0. The highest BCUT2D eigenvalue weighted by Gasteiger charge is 2.53. The molecule has 0 radical (unpaired) electrons. The molecule has 5 nitrogen and oxygen atoms in total. The highest BCUT2D eigenvalue weighted by Crippen LogP contribution is 2.48. The van der Waals surface area contributed by atoms with Crippen LogP contribution in [0, 0.1) is 11.2 Å². The second-order valence-corrected chi connectivity index (χ2v) is 9.24. The third-order valence-corrected chi connectivity index (χ3v) is 6.99. The summed E-state index contributed by atoms with van der Waals surface area (Å²) in [6.45, 7) is 5.32. The van der Waals surface area contributed by atoms with E-state index in [1.165, 1.54) is 22.1 Å². The predicted octanol–water partition coefficient (Wildman–Crippen LogP) is 4.61. The molecule has 7 heteroatoms. The van der Waals surface area contributed by atoms with Crippen LogP contribution in [-0.4, -0.2) is 23.8 Å². The molecule has 0 saturated carbocycles. The van der Waals surface area contributed by atoms with Crippen molar-refractivity contribution < 1.29 is 9.18 Å². The van der Waals surface area contributed by atoms with Gasteiger partial charge in [-0.15, -0.1) is 0 Å². The van der Waals surface area contributed by atoms with Gasteiger partial charge >= 0.3 is 0 Å². The van der Waals surface area contributed by atoms with Gasteiger partial charge in [0.15, 0.2) is 5.96 Å². The fourth-order valence-electron chi connectivity index (χ4n) is 4.50. The van der Waals surface area contributed by atoms with Gasteiger partial charge in [-0.2, -0.15) is 0 Å². The summed E-state index contributed by atoms with van der Waals surface area (Å²) in [6, 6.07) is 10.9. The van der Waals surface area contributed by atoms with Crippen LogP contribution in [0.5, 0.6) is 0 Å². The van der Waals surface area contributed by atoms with Crippen LogP contribution in [0.1, 0.15) is 49.9 Å². The van der Waals surface area contributed by atoms with E-state index in [0.29, 0.717) is 5.56 Å². The van der Waals surface area contributed by atoms with E-state index in [9.17, 15) is 4.79 Å². The van der Waals surface area contributed by atoms with Crippen molar-refractivity contribution in [3.63, 3.8) is 0 Å². The molecule has 4 rings (SSSR count). The summed E-state index contributed by atoms with van der Waals surface area (Å²) in [5.41, 5.74) is 7.44. The monoisotopic (exact) mass is 428 g/mol. The number of rotatable bonds is 3. The van der Waals surface area contributed by atoms with Crippen molar-refractivity contribution in [2.24, 2.45) is 16.1 Å². The number of aryl methyl sites for hydroxylation is 1. The van der Waals surface area contributed by atoms with Crippen molar-refractivity contribution in [3.05, 3.63) is 63.9 Å². The molecule has 2 aromatic rings. The summed E-state index contributed by atoms with van der Waals surface area (Å²) in [5, 5.41) is 4.25. The molecule has 2 aromatic carbocycles. The molecule has 1 aliphatic carbocycles. The zero-order chi connectivity index (χ0) is 21.8. The van der Waals surface area contributed by atoms with Crippen molar-refractivity contribution in [2.75, 3.05) is 12.4 Å². The fraction of sp³-hybridized carbons (Fsp3) is 0.391. The van der Waals surface area contributed by atoms with E-state index in [4.69, 9.17) is 17.3 Å². The lowest BCUT2D eigenvalue weighted by atomic mass is 9.67. The Kier molecular flexibility index (Phi) is 4.81. The summed E-state index contributed by atoms with van der Waals surface area (Å²) in [5.74, 6) is -0.526. The maximum absolute atomic E-state index is 15.0. The summed E-state index contributed by atoms with van der Waals surface area (Å²) in [6.07, 6.45) is 1.87. The molecule has 0 bridgehead atoms. The second-order valence-electron chi connectivity index (χ2n) is 8.80. The standard InChI is InChI=1S/C23H26ClFN4O/c1-22(2)20(30)29(4)21(26)28-23(22,3)17-12-15(7-9-18(17)25)27-19-10-5-13-11-14(24)6-8-16(13)19/h6-9,11-12,19,27H,5,10H2,1-4H3,(H2,26,28). The molecule has 1 heterocycles. The quantitative estimate of drug-likeness (QED) is 0.750. The average Bonchev–Trinajstić information content (AvgIpc) is 3.08. The van der Waals surface area contributed by atoms with Crippen molar-refractivity contribution in [3.8, 4) is 0 Å². The third-order valence-electron chi connectivity index (χ3n) is 6.75. The molecule has 158 valence electrons. The zero-order valence-corrected chi connectivity index (χ0v) is 18.3. The van der Waals surface area contributed by atoms with Gasteiger partial charge in [0.05, 0.1) is 11.5 Å². The molecule has 2 atom stereocenters. The van der Waals surface area contributed by atoms with E-state index in [1.807, 2.05) is 18.2 Å². The third kappa shape index (κ3) is 3.05. The van der Waals surface area contributed by atoms with Gasteiger partial charge in [-0.1, -0.05) is 17.7 Å². The number of carbonyl (C=O) groups is 1. The Balaban J connectivity index is 1.72. The predicted molar refractivity (Wildman–Crippen MR) is 118 cm³/mol. The molecule has 1 aliphatic heterocycles. The minimum Gasteiger partial charge on any atom is -0.378 e. The molecule has 0 saturated heterocycles. The van der Waals surface area contributed by atoms with Crippen LogP contribution in [0.25, 0.3) is 0 Å². The van der Waals surface area contributed by atoms with E-state index in [1.54, 1.807) is 40.0 Å². The molecular formula is C23H26ClFN4O. The van der Waals surface area contributed by atoms with Crippen LogP contribution in [0.3, 0.4) is 0 Å². The van der Waals surface area contributed by atoms with Gasteiger partial charge in [0, 0.05) is 23.3 Å². The first-order chi connectivity index (χ1) is 14.0. The van der Waals surface area contributed by atoms with E-state index >= 15 is 4.39 Å². The number of fused-ring (bicyclic) bond motifs is 1. The first-order valence-corrected chi connectivity index (χ1v) is 10.4. The SMILES string of the molecule is CN1C(=O)C(C)(C)C(C)(c2cc(NC3CCc4cc(Cl)ccc43)ccc2F)N=C1N. The van der Waals surface area contributed by atoms with Crippen LogP contribution in [0.15, 0.2) is 41.4 Å². The number of halogens is 2. The van der Waals surface area contributed by atoms with E-state index in [-0.39, 0.29) is 17.9 Å². The number of nitrogens with one attached hydrogen (secondary N) is 1. The molecule has 2 aliphatic rings. The highest BCUT2D eigenvalue weighted by atomic mass is 35.5. The molecule has 2 unspecified atom stereocenters. The fourth-order valence-corrected chi connectivity index (χ4v) is 4.69. The number of carbonyl (C=O) groups excluding carboxylic acids is 1. The first kappa shape index (κ1) is 20.7. The number of hydrogen-bond donors (Lipinski definition) is 2. The van der Waals surface area contributed by atoms with Gasteiger partial charge in [0.25, 0.3) is 0 Å². The van der Waals surface area contributed by atoms with Crippen molar-refractivity contribution in [2.45, 2.75) is 45.2 Å². The van der Waals surface area contributed by atoms with Gasteiger partial charge in [-0.05, 0) is 75.1 Å². The number of amides is 1. The molecule has 3 N–H and O–H groups in total. The smallest absolute Gasteiger partial charge is 0.237 e. The minimum absolute atomic E-state index is 0.0844. The van der Waals surface area contributed by atoms with Crippen molar-refractivity contribution in [1.29, 1.82) is 0 Å². The summed E-state index contributed by atoms with van der Waals surface area (Å²) < 4.78 is 15.0. The Labute approximate surface area is 181 Å². The normalized spacial score (nSPS) is 25.1. The van der Waals surface area contributed by atoms with Gasteiger partial charge in [0.1, 0.15) is 11.4 Å². The lowest BCUT2D eigenvalue weighted by Crippen LogP contribution is -2.58. The zero-order valence-electron chi connectivity index (χ0n) is 17.6. The Morgan fingerprint density at radius 3 is 2.70 bits per heavy atom. The Morgan fingerprint density at radius 1 is 1.23 bits per heavy atom. The van der Waals surface area contributed by atoms with Crippen molar-refractivity contribution >= 4 is 29.2 Å². The Morgan fingerprint density at radius 2 is 1.97 bits per heavy atom. The van der Waals surface area contributed by atoms with Gasteiger partial charge in [-0.25, -0.2) is 9.38 Å². The summed E-state index contributed by atoms with van der Waals surface area (Å²) >= 11 is 6.12. The molecular weight excluding hydrogens is 403 g/mol. The van der Waals surface area contributed by atoms with E-state index in [2.05, 4.69) is 10.3 Å². The van der Waals surface area contributed by atoms with Crippen LogP contribution in [0.4, 0.5) is 10.1 Å². The number of hydrogen-bond acceptors (Lipinski definition) is 4. The number of aliphatic imine (C=N–C) groups is 1. The number of nitrogens with two attached hydrogens (primary N) is 1. The summed E-state index contributed by atoms with van der Waals surface area (Å²) in [4.78, 5) is 18.8. The molecule has 0 aromatic heterocycles. The van der Waals surface area contributed by atoms with Crippen LogP contribution in [0.2, 0.25) is 5.02 Å². The average molecular weight is 429 g/mol. The van der Waals surface area contributed by atoms with E-state index in [0.717, 1.165) is 23.6 Å². The lowest BCUT2D eigenvalue weighted by molar-refractivity contribution is -0.140. The minimum atomic E-state index is -1.14. The second kappa shape index (κ2) is 6.98. The number of guanidine groups is 1. The topological polar surface area (TPSA) is 70.7 Å². The van der Waals surface area contributed by atoms with Gasteiger partial charge in [-0.3, -0.25) is 9.69 Å². The lowest BCUT2D eigenvalue weighted by Gasteiger charge is -2.46. The number of anilines is 1. The van der Waals surface area contributed by atoms with Crippen LogP contribution < -0.4 is 11.1 Å². The molecule has 30 heavy (non-hydrogen) atoms. The largest absolute Gasteiger partial charge is 0.378 e. The Bertz CT molecular complexity index is 1070. The first-order valence-electron chi connectivity index (χ1n) is 10.0. The molecule has 0 fully saturated rings. The molecule has 1 amide bonds. The van der Waals surface area contributed by atoms with Crippen molar-refractivity contribution in [1.82, 2.24) is 4.90 Å². The maximum Gasteiger partial charge on any atom is 0.237 e. The van der Waals surface area contributed by atoms with Crippen LogP contribution in [-0.2, 0) is 16.8 Å². The molecule has 0 spiro atoms.